The standard InChI is InChI=1S/C30H33N5O3/c1-2-38-27-19-11-8-16-24(27)29(30(37)31-23-14-6-7-15-23)34(20-22-12-4-3-5-13-22)28(36)21-35-26-18-10-9-17-25(26)32-33-35/h3-5,8-13,16-19,23,29H,2,6-7,14-15,20-21H2,1H3,(H,31,37). The molecule has 8 nitrogen and oxygen atoms in total. The summed E-state index contributed by atoms with van der Waals surface area (Å²) in [5, 5.41) is 11.7. The van der Waals surface area contributed by atoms with Gasteiger partial charge in [-0.3, -0.25) is 9.59 Å². The lowest BCUT2D eigenvalue weighted by Crippen LogP contribution is -2.46. The van der Waals surface area contributed by atoms with Gasteiger partial charge in [-0.15, -0.1) is 5.10 Å². The average molecular weight is 512 g/mol. The highest BCUT2D eigenvalue weighted by Gasteiger charge is 2.35. The van der Waals surface area contributed by atoms with E-state index in [0.29, 0.717) is 23.4 Å². The van der Waals surface area contributed by atoms with E-state index in [0.717, 1.165) is 36.8 Å². The number of para-hydroxylation sites is 2. The fourth-order valence-corrected chi connectivity index (χ4v) is 5.15. The molecular formula is C30H33N5O3. The molecule has 1 N–H and O–H groups in total. The molecule has 1 unspecified atom stereocenters. The number of rotatable bonds is 10. The number of amides is 2. The molecule has 1 aliphatic rings. The number of nitrogens with one attached hydrogen (secondary N) is 1. The molecule has 8 heteroatoms. The minimum absolute atomic E-state index is 0.0443. The molecular weight excluding hydrogens is 478 g/mol. The van der Waals surface area contributed by atoms with E-state index in [-0.39, 0.29) is 30.9 Å². The van der Waals surface area contributed by atoms with Crippen LogP contribution in [0.1, 0.15) is 49.8 Å². The molecule has 4 aromatic rings. The Balaban J connectivity index is 1.55. The van der Waals surface area contributed by atoms with Crippen LogP contribution in [-0.4, -0.2) is 44.4 Å². The first-order chi connectivity index (χ1) is 18.6. The topological polar surface area (TPSA) is 89.4 Å². The normalized spacial score (nSPS) is 14.3. The van der Waals surface area contributed by atoms with Crippen LogP contribution in [0.3, 0.4) is 0 Å². The highest BCUT2D eigenvalue weighted by molar-refractivity contribution is 5.90. The van der Waals surface area contributed by atoms with Gasteiger partial charge in [0.25, 0.3) is 0 Å². The lowest BCUT2D eigenvalue weighted by Gasteiger charge is -2.33. The first-order valence-corrected chi connectivity index (χ1v) is 13.3. The van der Waals surface area contributed by atoms with Gasteiger partial charge < -0.3 is 15.0 Å². The second-order valence-electron chi connectivity index (χ2n) is 9.61. The van der Waals surface area contributed by atoms with Gasteiger partial charge in [0.1, 0.15) is 23.9 Å². The predicted molar refractivity (Wildman–Crippen MR) is 145 cm³/mol. The molecule has 1 fully saturated rings. The molecule has 2 amide bonds. The zero-order chi connectivity index (χ0) is 26.3. The number of nitrogens with zero attached hydrogens (tertiary/aromatic N) is 4. The van der Waals surface area contributed by atoms with E-state index < -0.39 is 6.04 Å². The number of carbonyl (C=O) groups is 2. The number of benzene rings is 3. The molecule has 0 spiro atoms. The summed E-state index contributed by atoms with van der Waals surface area (Å²) < 4.78 is 7.53. The third kappa shape index (κ3) is 5.69. The maximum atomic E-state index is 14.1. The van der Waals surface area contributed by atoms with Gasteiger partial charge in [0.05, 0.1) is 12.1 Å². The van der Waals surface area contributed by atoms with Crippen molar-refractivity contribution in [1.82, 2.24) is 25.2 Å². The fraction of sp³-hybridized carbons (Fsp3) is 0.333. The van der Waals surface area contributed by atoms with E-state index in [4.69, 9.17) is 4.74 Å². The molecule has 0 radical (unpaired) electrons. The second-order valence-corrected chi connectivity index (χ2v) is 9.61. The molecule has 0 saturated heterocycles. The SMILES string of the molecule is CCOc1ccccc1C(C(=O)NC1CCCC1)N(Cc1ccccc1)C(=O)Cn1nnc2ccccc21. The third-order valence-corrected chi connectivity index (χ3v) is 7.00. The summed E-state index contributed by atoms with van der Waals surface area (Å²) >= 11 is 0. The van der Waals surface area contributed by atoms with Gasteiger partial charge in [0.15, 0.2) is 0 Å². The zero-order valence-corrected chi connectivity index (χ0v) is 21.6. The Labute approximate surface area is 222 Å². The van der Waals surface area contributed by atoms with Crippen LogP contribution >= 0.6 is 0 Å². The highest BCUT2D eigenvalue weighted by Crippen LogP contribution is 2.32. The summed E-state index contributed by atoms with van der Waals surface area (Å²) in [6.07, 6.45) is 4.08. The Morgan fingerprint density at radius 1 is 1.00 bits per heavy atom. The second kappa shape index (κ2) is 11.9. The monoisotopic (exact) mass is 511 g/mol. The molecule has 1 heterocycles. The third-order valence-electron chi connectivity index (χ3n) is 7.00. The molecule has 1 aliphatic carbocycles. The number of hydrogen-bond donors (Lipinski definition) is 1. The van der Waals surface area contributed by atoms with Crippen LogP contribution in [0.5, 0.6) is 5.75 Å². The van der Waals surface area contributed by atoms with Gasteiger partial charge in [0, 0.05) is 18.2 Å². The number of ether oxygens (including phenoxy) is 1. The average Bonchev–Trinajstić information content (AvgIpc) is 3.60. The van der Waals surface area contributed by atoms with Gasteiger partial charge in [-0.25, -0.2) is 4.68 Å². The van der Waals surface area contributed by atoms with Crippen LogP contribution in [0.4, 0.5) is 0 Å². The maximum absolute atomic E-state index is 14.1. The zero-order valence-electron chi connectivity index (χ0n) is 21.6. The molecule has 38 heavy (non-hydrogen) atoms. The van der Waals surface area contributed by atoms with Crippen LogP contribution in [0, 0.1) is 0 Å². The Morgan fingerprint density at radius 3 is 2.50 bits per heavy atom. The number of aromatic nitrogens is 3. The molecule has 196 valence electrons. The predicted octanol–water partition coefficient (Wildman–Crippen LogP) is 4.66. The van der Waals surface area contributed by atoms with E-state index in [1.165, 1.54) is 0 Å². The van der Waals surface area contributed by atoms with Crippen molar-refractivity contribution in [2.45, 2.75) is 57.8 Å². The van der Waals surface area contributed by atoms with E-state index in [2.05, 4.69) is 15.6 Å². The largest absolute Gasteiger partial charge is 0.494 e. The van der Waals surface area contributed by atoms with E-state index in [9.17, 15) is 9.59 Å². The molecule has 0 aliphatic heterocycles. The van der Waals surface area contributed by atoms with Gasteiger partial charge in [-0.05, 0) is 43.5 Å². The van der Waals surface area contributed by atoms with Crippen LogP contribution in [0.25, 0.3) is 11.0 Å². The summed E-state index contributed by atoms with van der Waals surface area (Å²) in [5.74, 6) is 0.165. The minimum Gasteiger partial charge on any atom is -0.494 e. The van der Waals surface area contributed by atoms with Gasteiger partial charge in [-0.2, -0.15) is 0 Å². The maximum Gasteiger partial charge on any atom is 0.247 e. The van der Waals surface area contributed by atoms with Crippen LogP contribution in [0.15, 0.2) is 78.9 Å². The molecule has 1 aromatic heterocycles. The van der Waals surface area contributed by atoms with E-state index in [1.54, 1.807) is 9.58 Å². The summed E-state index contributed by atoms with van der Waals surface area (Å²) in [6.45, 7) is 2.57. The van der Waals surface area contributed by atoms with Gasteiger partial charge >= 0.3 is 0 Å². The summed E-state index contributed by atoms with van der Waals surface area (Å²) in [6, 6.07) is 24.0. The van der Waals surface area contributed by atoms with Crippen molar-refractivity contribution in [2.75, 3.05) is 6.61 Å². The van der Waals surface area contributed by atoms with Crippen molar-refractivity contribution >= 4 is 22.8 Å². The van der Waals surface area contributed by atoms with Gasteiger partial charge in [0.2, 0.25) is 11.8 Å². The molecule has 0 bridgehead atoms. The van der Waals surface area contributed by atoms with E-state index in [1.807, 2.05) is 85.8 Å². The Hall–Kier alpha value is -4.20. The first kappa shape index (κ1) is 25.4. The summed E-state index contributed by atoms with van der Waals surface area (Å²) in [7, 11) is 0. The number of hydrogen-bond acceptors (Lipinski definition) is 5. The van der Waals surface area contributed by atoms with Gasteiger partial charge in [-0.1, -0.05) is 78.7 Å². The van der Waals surface area contributed by atoms with Crippen molar-refractivity contribution in [2.24, 2.45) is 0 Å². The molecule has 1 saturated carbocycles. The smallest absolute Gasteiger partial charge is 0.247 e. The summed E-state index contributed by atoms with van der Waals surface area (Å²) in [4.78, 5) is 29.8. The molecule has 5 rings (SSSR count). The Morgan fingerprint density at radius 2 is 1.71 bits per heavy atom. The first-order valence-electron chi connectivity index (χ1n) is 13.3. The van der Waals surface area contributed by atoms with Crippen LogP contribution in [0.2, 0.25) is 0 Å². The van der Waals surface area contributed by atoms with Crippen molar-refractivity contribution in [3.8, 4) is 5.75 Å². The van der Waals surface area contributed by atoms with Crippen molar-refractivity contribution in [3.05, 3.63) is 90.0 Å². The molecule has 1 atom stereocenters. The van der Waals surface area contributed by atoms with Crippen molar-refractivity contribution in [3.63, 3.8) is 0 Å². The number of fused-ring (bicyclic) bond motifs is 1. The van der Waals surface area contributed by atoms with E-state index >= 15 is 0 Å². The van der Waals surface area contributed by atoms with Crippen molar-refractivity contribution in [1.29, 1.82) is 0 Å². The lowest BCUT2D eigenvalue weighted by atomic mass is 10.0. The Bertz CT molecular complexity index is 1380. The quantitative estimate of drug-likeness (QED) is 0.335. The van der Waals surface area contributed by atoms with Crippen LogP contribution in [-0.2, 0) is 22.7 Å². The van der Waals surface area contributed by atoms with Crippen molar-refractivity contribution < 1.29 is 14.3 Å². The Kier molecular flexibility index (Phi) is 7.97. The lowest BCUT2D eigenvalue weighted by molar-refractivity contribution is -0.142. The minimum atomic E-state index is -0.874. The number of carbonyl (C=O) groups excluding carboxylic acids is 2. The van der Waals surface area contributed by atoms with Crippen LogP contribution < -0.4 is 10.1 Å². The summed E-state index contributed by atoms with van der Waals surface area (Å²) in [5.41, 5.74) is 3.07. The molecule has 3 aromatic carbocycles. The highest BCUT2D eigenvalue weighted by atomic mass is 16.5. The fourth-order valence-electron chi connectivity index (χ4n) is 5.15.